The third-order valence-corrected chi connectivity index (χ3v) is 3.41. The summed E-state index contributed by atoms with van der Waals surface area (Å²) in [7, 11) is 1.14. The highest BCUT2D eigenvalue weighted by Crippen LogP contribution is 2.26. The highest BCUT2D eigenvalue weighted by Gasteiger charge is 2.41. The van der Waals surface area contributed by atoms with Crippen LogP contribution < -0.4 is 0 Å². The lowest BCUT2D eigenvalue weighted by molar-refractivity contribution is -0.149. The van der Waals surface area contributed by atoms with E-state index in [0.29, 0.717) is 0 Å². The Balaban J connectivity index is 2.31. The number of esters is 1. The average Bonchev–Trinajstić information content (AvgIpc) is 2.68. The van der Waals surface area contributed by atoms with Gasteiger partial charge in [-0.3, -0.25) is 19.3 Å². The van der Waals surface area contributed by atoms with Gasteiger partial charge < -0.3 is 9.84 Å². The van der Waals surface area contributed by atoms with Crippen LogP contribution in [0.1, 0.15) is 27.6 Å². The molecule has 7 heteroatoms. The Morgan fingerprint density at radius 1 is 1.38 bits per heavy atom. The zero-order valence-corrected chi connectivity index (χ0v) is 11.5. The Morgan fingerprint density at radius 3 is 2.57 bits per heavy atom. The minimum atomic E-state index is -1.12. The second-order valence-electron chi connectivity index (χ2n) is 4.75. The number of aliphatic hydroxyl groups is 1. The van der Waals surface area contributed by atoms with Crippen LogP contribution in [0.3, 0.4) is 0 Å². The number of ether oxygens (including phenoxy) is 1. The van der Waals surface area contributed by atoms with Gasteiger partial charge in [-0.2, -0.15) is 0 Å². The third kappa shape index (κ3) is 2.52. The van der Waals surface area contributed by atoms with E-state index in [9.17, 15) is 23.9 Å². The fourth-order valence-electron chi connectivity index (χ4n) is 2.23. The molecule has 112 valence electrons. The molecule has 0 aliphatic carbocycles. The molecule has 0 aromatic heterocycles. The molecule has 0 bridgehead atoms. The Morgan fingerprint density at radius 2 is 2.05 bits per heavy atom. The van der Waals surface area contributed by atoms with Crippen molar-refractivity contribution in [2.45, 2.75) is 13.0 Å². The van der Waals surface area contributed by atoms with Gasteiger partial charge in [-0.25, -0.2) is 4.39 Å². The summed E-state index contributed by atoms with van der Waals surface area (Å²) in [4.78, 5) is 36.6. The number of carbonyl (C=O) groups excluding carboxylic acids is 3. The van der Waals surface area contributed by atoms with Gasteiger partial charge in [0, 0.05) is 6.54 Å². The van der Waals surface area contributed by atoms with Gasteiger partial charge in [0.05, 0.1) is 24.3 Å². The Bertz CT molecular complexity index is 613. The van der Waals surface area contributed by atoms with E-state index in [1.807, 2.05) is 0 Å². The Kier molecular flexibility index (Phi) is 4.04. The quantitative estimate of drug-likeness (QED) is 0.649. The molecule has 2 amide bonds. The summed E-state index contributed by atoms with van der Waals surface area (Å²) in [5, 5.41) is 9.59. The number of hydrogen-bond donors (Lipinski definition) is 1. The fourth-order valence-corrected chi connectivity index (χ4v) is 2.23. The van der Waals surface area contributed by atoms with Crippen LogP contribution in [0.2, 0.25) is 0 Å². The maximum Gasteiger partial charge on any atom is 0.313 e. The molecule has 0 radical (unpaired) electrons. The number of aliphatic hydroxyl groups excluding tert-OH is 1. The van der Waals surface area contributed by atoms with Gasteiger partial charge in [-0.15, -0.1) is 0 Å². The Labute approximate surface area is 120 Å². The zero-order valence-electron chi connectivity index (χ0n) is 11.5. The van der Waals surface area contributed by atoms with Crippen molar-refractivity contribution in [2.75, 3.05) is 13.7 Å². The lowest BCUT2D eigenvalue weighted by atomic mass is 10.0. The van der Waals surface area contributed by atoms with Crippen molar-refractivity contribution in [3.63, 3.8) is 0 Å². The first-order valence-corrected chi connectivity index (χ1v) is 6.29. The number of carbonyl (C=O) groups is 3. The van der Waals surface area contributed by atoms with E-state index in [1.165, 1.54) is 19.1 Å². The van der Waals surface area contributed by atoms with Crippen molar-refractivity contribution >= 4 is 17.8 Å². The SMILES string of the molecule is COC(=O)[C@H](CN1C(=O)c2cccc(F)c2C1=O)[C@@H](C)O. The van der Waals surface area contributed by atoms with Gasteiger partial charge in [-0.05, 0) is 19.1 Å². The van der Waals surface area contributed by atoms with E-state index >= 15 is 0 Å². The van der Waals surface area contributed by atoms with E-state index in [1.54, 1.807) is 0 Å². The number of nitrogens with zero attached hydrogens (tertiary/aromatic N) is 1. The van der Waals surface area contributed by atoms with Crippen molar-refractivity contribution in [3.8, 4) is 0 Å². The fraction of sp³-hybridized carbons (Fsp3) is 0.357. The molecule has 2 rings (SSSR count). The summed E-state index contributed by atoms with van der Waals surface area (Å²) >= 11 is 0. The summed E-state index contributed by atoms with van der Waals surface area (Å²) in [6.07, 6.45) is -1.12. The number of benzene rings is 1. The van der Waals surface area contributed by atoms with Crippen LogP contribution in [0, 0.1) is 11.7 Å². The van der Waals surface area contributed by atoms with Crippen LogP contribution >= 0.6 is 0 Å². The molecule has 1 aromatic rings. The van der Waals surface area contributed by atoms with Crippen molar-refractivity contribution in [3.05, 3.63) is 35.1 Å². The van der Waals surface area contributed by atoms with Gasteiger partial charge in [0.15, 0.2) is 0 Å². The van der Waals surface area contributed by atoms with Crippen molar-refractivity contribution in [2.24, 2.45) is 5.92 Å². The first-order chi connectivity index (χ1) is 9.88. The molecular formula is C14H14FNO5. The Hall–Kier alpha value is -2.28. The van der Waals surface area contributed by atoms with Crippen molar-refractivity contribution in [1.29, 1.82) is 0 Å². The van der Waals surface area contributed by atoms with Crippen LogP contribution in [0.25, 0.3) is 0 Å². The molecule has 0 fully saturated rings. The molecule has 6 nitrogen and oxygen atoms in total. The number of halogens is 1. The first kappa shape index (κ1) is 15.1. The van der Waals surface area contributed by atoms with Gasteiger partial charge in [0.25, 0.3) is 11.8 Å². The topological polar surface area (TPSA) is 83.9 Å². The average molecular weight is 295 g/mol. The monoisotopic (exact) mass is 295 g/mol. The first-order valence-electron chi connectivity index (χ1n) is 6.29. The smallest absolute Gasteiger partial charge is 0.313 e. The number of hydrogen-bond acceptors (Lipinski definition) is 5. The van der Waals surface area contributed by atoms with Gasteiger partial charge in [0.1, 0.15) is 11.7 Å². The van der Waals surface area contributed by atoms with E-state index < -0.39 is 35.6 Å². The van der Waals surface area contributed by atoms with Gasteiger partial charge in [0.2, 0.25) is 0 Å². The van der Waals surface area contributed by atoms with Crippen LogP contribution in [0.15, 0.2) is 18.2 Å². The van der Waals surface area contributed by atoms with Crippen LogP contribution in [-0.2, 0) is 9.53 Å². The lowest BCUT2D eigenvalue weighted by Gasteiger charge is -2.22. The highest BCUT2D eigenvalue weighted by molar-refractivity contribution is 6.21. The largest absolute Gasteiger partial charge is 0.469 e. The second kappa shape index (κ2) is 5.61. The number of amides is 2. The number of imide groups is 1. The molecular weight excluding hydrogens is 281 g/mol. The predicted molar refractivity (Wildman–Crippen MR) is 69.0 cm³/mol. The predicted octanol–water partition coefficient (Wildman–Crippen LogP) is 0.592. The normalized spacial score (nSPS) is 16.7. The molecule has 2 atom stereocenters. The molecule has 1 N–H and O–H groups in total. The summed E-state index contributed by atoms with van der Waals surface area (Å²) < 4.78 is 18.2. The third-order valence-electron chi connectivity index (χ3n) is 3.41. The van der Waals surface area contributed by atoms with Crippen molar-refractivity contribution < 1.29 is 28.6 Å². The summed E-state index contributed by atoms with van der Waals surface area (Å²) in [6, 6.07) is 3.75. The number of methoxy groups -OCH3 is 1. The molecule has 0 unspecified atom stereocenters. The molecule has 0 saturated carbocycles. The zero-order chi connectivity index (χ0) is 15.7. The summed E-state index contributed by atoms with van der Waals surface area (Å²) in [5.74, 6) is -4.13. The molecule has 1 aliphatic rings. The number of fused-ring (bicyclic) bond motifs is 1. The van der Waals surface area contributed by atoms with E-state index in [2.05, 4.69) is 4.74 Å². The molecule has 0 spiro atoms. The van der Waals surface area contributed by atoms with Crippen LogP contribution in [0.4, 0.5) is 4.39 Å². The molecule has 1 aromatic carbocycles. The highest BCUT2D eigenvalue weighted by atomic mass is 19.1. The standard InChI is InChI=1S/C14H14FNO5/c1-7(17)9(14(20)21-2)6-16-12(18)8-4-3-5-10(15)11(8)13(16)19/h3-5,7,9,17H,6H2,1-2H3/t7-,9-/m1/s1. The molecule has 21 heavy (non-hydrogen) atoms. The maximum atomic E-state index is 13.7. The molecule has 1 heterocycles. The maximum absolute atomic E-state index is 13.7. The summed E-state index contributed by atoms with van der Waals surface area (Å²) in [6.45, 7) is 0.983. The minimum Gasteiger partial charge on any atom is -0.469 e. The molecule has 1 aliphatic heterocycles. The van der Waals surface area contributed by atoms with Gasteiger partial charge >= 0.3 is 5.97 Å². The number of rotatable bonds is 4. The summed E-state index contributed by atoms with van der Waals surface area (Å²) in [5.41, 5.74) is -0.356. The van der Waals surface area contributed by atoms with E-state index in [0.717, 1.165) is 18.1 Å². The van der Waals surface area contributed by atoms with E-state index in [-0.39, 0.29) is 17.7 Å². The van der Waals surface area contributed by atoms with Crippen LogP contribution in [0.5, 0.6) is 0 Å². The van der Waals surface area contributed by atoms with Gasteiger partial charge in [-0.1, -0.05) is 6.07 Å². The van der Waals surface area contributed by atoms with Crippen LogP contribution in [-0.4, -0.2) is 47.5 Å². The lowest BCUT2D eigenvalue weighted by Crippen LogP contribution is -2.41. The minimum absolute atomic E-state index is 0.0470. The van der Waals surface area contributed by atoms with E-state index in [4.69, 9.17) is 0 Å². The second-order valence-corrected chi connectivity index (χ2v) is 4.75. The van der Waals surface area contributed by atoms with Crippen molar-refractivity contribution in [1.82, 2.24) is 4.90 Å². The molecule has 0 saturated heterocycles.